The maximum Gasteiger partial charge on any atom is 0.160 e. The van der Waals surface area contributed by atoms with Gasteiger partial charge in [0.25, 0.3) is 0 Å². The van der Waals surface area contributed by atoms with Crippen molar-refractivity contribution < 1.29 is 0 Å². The highest BCUT2D eigenvalue weighted by Crippen LogP contribution is 2.07. The normalized spacial score (nSPS) is 10.8. The first-order chi connectivity index (χ1) is 8.85. The predicted octanol–water partition coefficient (Wildman–Crippen LogP) is 1.72. The zero-order valence-electron chi connectivity index (χ0n) is 10.9. The van der Waals surface area contributed by atoms with Crippen LogP contribution in [0.4, 0.5) is 0 Å². The van der Waals surface area contributed by atoms with E-state index in [1.807, 2.05) is 22.9 Å². The van der Waals surface area contributed by atoms with E-state index in [1.165, 1.54) is 0 Å². The van der Waals surface area contributed by atoms with Crippen molar-refractivity contribution in [1.29, 1.82) is 0 Å². The second-order valence-corrected chi connectivity index (χ2v) is 4.13. The van der Waals surface area contributed by atoms with Crippen LogP contribution in [0.5, 0.6) is 0 Å². The van der Waals surface area contributed by atoms with Gasteiger partial charge in [0.1, 0.15) is 5.82 Å². The van der Waals surface area contributed by atoms with Gasteiger partial charge in [-0.05, 0) is 25.1 Å². The molecule has 0 unspecified atom stereocenters. The Balaban J connectivity index is 2.07. The standard InChI is InChI=1S/C13H19N5/c1-3-7-14-10-11-5-6-13(17-16-11)18-9-8-15-12(18)4-2/h5-6,8-9,14H,3-4,7,10H2,1-2H3. The number of rotatable bonds is 6. The minimum atomic E-state index is 0.770. The molecule has 0 amide bonds. The van der Waals surface area contributed by atoms with Gasteiger partial charge in [-0.2, -0.15) is 5.10 Å². The molecule has 0 saturated heterocycles. The fourth-order valence-electron chi connectivity index (χ4n) is 1.77. The monoisotopic (exact) mass is 245 g/mol. The number of hydrogen-bond donors (Lipinski definition) is 1. The van der Waals surface area contributed by atoms with E-state index in [0.29, 0.717) is 0 Å². The van der Waals surface area contributed by atoms with Gasteiger partial charge in [0.2, 0.25) is 0 Å². The molecule has 0 radical (unpaired) electrons. The number of nitrogens with zero attached hydrogens (tertiary/aromatic N) is 4. The first-order valence-corrected chi connectivity index (χ1v) is 6.41. The molecule has 2 rings (SSSR count). The summed E-state index contributed by atoms with van der Waals surface area (Å²) in [4.78, 5) is 4.28. The van der Waals surface area contributed by atoms with E-state index in [2.05, 4.69) is 34.3 Å². The van der Waals surface area contributed by atoms with Crippen molar-refractivity contribution in [3.8, 4) is 5.82 Å². The minimum Gasteiger partial charge on any atom is -0.311 e. The highest BCUT2D eigenvalue weighted by Gasteiger charge is 2.04. The Labute approximate surface area is 107 Å². The van der Waals surface area contributed by atoms with Crippen molar-refractivity contribution in [3.63, 3.8) is 0 Å². The van der Waals surface area contributed by atoms with E-state index in [-0.39, 0.29) is 0 Å². The first-order valence-electron chi connectivity index (χ1n) is 6.41. The van der Waals surface area contributed by atoms with Crippen molar-refractivity contribution in [2.45, 2.75) is 33.2 Å². The quantitative estimate of drug-likeness (QED) is 0.787. The fourth-order valence-corrected chi connectivity index (χ4v) is 1.77. The van der Waals surface area contributed by atoms with Gasteiger partial charge in [-0.25, -0.2) is 4.98 Å². The van der Waals surface area contributed by atoms with E-state index >= 15 is 0 Å². The second-order valence-electron chi connectivity index (χ2n) is 4.13. The lowest BCUT2D eigenvalue weighted by Gasteiger charge is -2.06. The number of aryl methyl sites for hydroxylation is 1. The number of imidazole rings is 1. The van der Waals surface area contributed by atoms with Crippen molar-refractivity contribution >= 4 is 0 Å². The third-order valence-corrected chi connectivity index (χ3v) is 2.72. The van der Waals surface area contributed by atoms with Crippen LogP contribution in [-0.4, -0.2) is 26.3 Å². The maximum atomic E-state index is 4.28. The summed E-state index contributed by atoms with van der Waals surface area (Å²) in [6, 6.07) is 3.99. The SMILES string of the molecule is CCCNCc1ccc(-n2ccnc2CC)nn1. The molecule has 1 N–H and O–H groups in total. The van der Waals surface area contributed by atoms with Gasteiger partial charge in [-0.1, -0.05) is 13.8 Å². The first kappa shape index (κ1) is 12.7. The van der Waals surface area contributed by atoms with Crippen molar-refractivity contribution in [2.24, 2.45) is 0 Å². The van der Waals surface area contributed by atoms with Crippen LogP contribution in [0.15, 0.2) is 24.5 Å². The van der Waals surface area contributed by atoms with Crippen molar-refractivity contribution in [3.05, 3.63) is 36.0 Å². The Morgan fingerprint density at radius 1 is 1.22 bits per heavy atom. The largest absolute Gasteiger partial charge is 0.311 e. The van der Waals surface area contributed by atoms with Gasteiger partial charge in [-0.15, -0.1) is 5.10 Å². The highest BCUT2D eigenvalue weighted by atomic mass is 15.2. The third-order valence-electron chi connectivity index (χ3n) is 2.72. The average Bonchev–Trinajstić information content (AvgIpc) is 2.88. The molecule has 5 heteroatoms. The second kappa shape index (κ2) is 6.26. The van der Waals surface area contributed by atoms with Crippen LogP contribution in [0.2, 0.25) is 0 Å². The Morgan fingerprint density at radius 3 is 2.78 bits per heavy atom. The van der Waals surface area contributed by atoms with Crippen molar-refractivity contribution in [1.82, 2.24) is 25.1 Å². The lowest BCUT2D eigenvalue weighted by Crippen LogP contribution is -2.15. The molecular weight excluding hydrogens is 226 g/mol. The van der Waals surface area contributed by atoms with E-state index < -0.39 is 0 Å². The highest BCUT2D eigenvalue weighted by molar-refractivity contribution is 5.24. The average molecular weight is 245 g/mol. The van der Waals surface area contributed by atoms with Gasteiger partial charge < -0.3 is 5.32 Å². The van der Waals surface area contributed by atoms with Crippen molar-refractivity contribution in [2.75, 3.05) is 6.54 Å². The molecule has 0 atom stereocenters. The molecule has 0 aliphatic carbocycles. The van der Waals surface area contributed by atoms with Crippen LogP contribution in [-0.2, 0) is 13.0 Å². The number of hydrogen-bond acceptors (Lipinski definition) is 4. The van der Waals surface area contributed by atoms with Gasteiger partial charge in [-0.3, -0.25) is 4.57 Å². The Hall–Kier alpha value is -1.75. The summed E-state index contributed by atoms with van der Waals surface area (Å²) in [6.45, 7) is 6.00. The molecule has 0 bridgehead atoms. The van der Waals surface area contributed by atoms with Crippen LogP contribution >= 0.6 is 0 Å². The molecule has 2 aromatic heterocycles. The van der Waals surface area contributed by atoms with Crippen LogP contribution in [0.3, 0.4) is 0 Å². The van der Waals surface area contributed by atoms with Gasteiger partial charge in [0, 0.05) is 25.4 Å². The van der Waals surface area contributed by atoms with E-state index in [1.54, 1.807) is 6.20 Å². The summed E-state index contributed by atoms with van der Waals surface area (Å²) in [6.07, 6.45) is 5.71. The fraction of sp³-hybridized carbons (Fsp3) is 0.462. The molecule has 0 aromatic carbocycles. The lowest BCUT2D eigenvalue weighted by atomic mass is 10.3. The zero-order valence-corrected chi connectivity index (χ0v) is 10.9. The van der Waals surface area contributed by atoms with Gasteiger partial charge >= 0.3 is 0 Å². The Kier molecular flexibility index (Phi) is 4.41. The summed E-state index contributed by atoms with van der Waals surface area (Å²) in [5.41, 5.74) is 0.963. The third kappa shape index (κ3) is 2.92. The molecule has 96 valence electrons. The summed E-state index contributed by atoms with van der Waals surface area (Å²) < 4.78 is 1.97. The predicted molar refractivity (Wildman–Crippen MR) is 70.5 cm³/mol. The maximum absolute atomic E-state index is 4.28. The molecule has 0 spiro atoms. The molecule has 2 heterocycles. The zero-order chi connectivity index (χ0) is 12.8. The lowest BCUT2D eigenvalue weighted by molar-refractivity contribution is 0.654. The van der Waals surface area contributed by atoms with Crippen LogP contribution < -0.4 is 5.32 Å². The summed E-state index contributed by atoms with van der Waals surface area (Å²) in [5.74, 6) is 1.82. The van der Waals surface area contributed by atoms with Gasteiger partial charge in [0.05, 0.1) is 5.69 Å². The Bertz CT molecular complexity index is 474. The smallest absolute Gasteiger partial charge is 0.160 e. The number of nitrogens with one attached hydrogen (secondary N) is 1. The summed E-state index contributed by atoms with van der Waals surface area (Å²) >= 11 is 0. The topological polar surface area (TPSA) is 55.6 Å². The number of aromatic nitrogens is 4. The van der Waals surface area contributed by atoms with E-state index in [9.17, 15) is 0 Å². The molecule has 0 fully saturated rings. The summed E-state index contributed by atoms with van der Waals surface area (Å²) in [5, 5.41) is 11.8. The van der Waals surface area contributed by atoms with Crippen LogP contribution in [0.25, 0.3) is 5.82 Å². The van der Waals surface area contributed by atoms with E-state index in [4.69, 9.17) is 0 Å². The molecule has 0 saturated carbocycles. The van der Waals surface area contributed by atoms with E-state index in [0.717, 1.165) is 43.3 Å². The molecule has 18 heavy (non-hydrogen) atoms. The minimum absolute atomic E-state index is 0.770. The molecule has 0 aliphatic heterocycles. The molecule has 5 nitrogen and oxygen atoms in total. The molecule has 2 aromatic rings. The molecular formula is C13H19N5. The van der Waals surface area contributed by atoms with Gasteiger partial charge in [0.15, 0.2) is 5.82 Å². The summed E-state index contributed by atoms with van der Waals surface area (Å²) in [7, 11) is 0. The van der Waals surface area contributed by atoms with Crippen LogP contribution in [0.1, 0.15) is 31.8 Å². The Morgan fingerprint density at radius 2 is 2.11 bits per heavy atom. The molecule has 0 aliphatic rings. The van der Waals surface area contributed by atoms with Crippen LogP contribution in [0, 0.1) is 0 Å².